The fourth-order valence-corrected chi connectivity index (χ4v) is 1.25. The molecule has 1 saturated heterocycles. The topological polar surface area (TPSA) is 18.5 Å². The van der Waals surface area contributed by atoms with Crippen molar-refractivity contribution >= 4 is 0 Å². The molecule has 2 heteroatoms. The lowest BCUT2D eigenvalue weighted by atomic mass is 10.1. The summed E-state index contributed by atoms with van der Waals surface area (Å²) in [5.41, 5.74) is 0. The number of rotatable bonds is 5. The number of ether oxygens (including phenoxy) is 2. The molecule has 12 heavy (non-hydrogen) atoms. The van der Waals surface area contributed by atoms with E-state index in [4.69, 9.17) is 9.47 Å². The van der Waals surface area contributed by atoms with E-state index in [0.29, 0.717) is 5.92 Å². The van der Waals surface area contributed by atoms with E-state index in [2.05, 4.69) is 13.5 Å². The zero-order valence-corrected chi connectivity index (χ0v) is 7.79. The first kappa shape index (κ1) is 9.75. The maximum Gasteiger partial charge on any atom is 0.158 e. The SMILES string of the molecule is C=CC1COC(OCCCC)C1. The van der Waals surface area contributed by atoms with Gasteiger partial charge in [0.15, 0.2) is 6.29 Å². The van der Waals surface area contributed by atoms with Crippen LogP contribution in [-0.2, 0) is 9.47 Å². The van der Waals surface area contributed by atoms with E-state index in [1.165, 1.54) is 6.42 Å². The van der Waals surface area contributed by atoms with Crippen LogP contribution in [0.4, 0.5) is 0 Å². The molecule has 70 valence electrons. The number of hydrogen-bond donors (Lipinski definition) is 0. The minimum Gasteiger partial charge on any atom is -0.353 e. The van der Waals surface area contributed by atoms with Crippen molar-refractivity contribution in [3.05, 3.63) is 12.7 Å². The minimum atomic E-state index is 0.0274. The molecule has 0 aromatic rings. The van der Waals surface area contributed by atoms with Gasteiger partial charge in [0.2, 0.25) is 0 Å². The highest BCUT2D eigenvalue weighted by molar-refractivity contribution is 4.83. The highest BCUT2D eigenvalue weighted by atomic mass is 16.7. The van der Waals surface area contributed by atoms with E-state index in [1.807, 2.05) is 6.08 Å². The molecule has 2 unspecified atom stereocenters. The zero-order chi connectivity index (χ0) is 8.81. The molecule has 0 N–H and O–H groups in total. The molecule has 1 aliphatic heterocycles. The summed E-state index contributed by atoms with van der Waals surface area (Å²) in [6.45, 7) is 7.50. The predicted octanol–water partition coefficient (Wildman–Crippen LogP) is 2.35. The van der Waals surface area contributed by atoms with Gasteiger partial charge >= 0.3 is 0 Å². The second-order valence-electron chi connectivity index (χ2n) is 3.22. The molecule has 0 bridgehead atoms. The third-order valence-corrected chi connectivity index (χ3v) is 2.13. The van der Waals surface area contributed by atoms with Crippen molar-refractivity contribution < 1.29 is 9.47 Å². The molecule has 0 aromatic heterocycles. The van der Waals surface area contributed by atoms with Crippen LogP contribution in [-0.4, -0.2) is 19.5 Å². The molecule has 2 nitrogen and oxygen atoms in total. The number of unbranched alkanes of at least 4 members (excludes halogenated alkanes) is 1. The molecule has 0 saturated carbocycles. The van der Waals surface area contributed by atoms with Crippen molar-refractivity contribution in [3.63, 3.8) is 0 Å². The van der Waals surface area contributed by atoms with Crippen LogP contribution >= 0.6 is 0 Å². The summed E-state index contributed by atoms with van der Waals surface area (Å²) in [6.07, 6.45) is 5.26. The van der Waals surface area contributed by atoms with Crippen molar-refractivity contribution in [1.29, 1.82) is 0 Å². The standard InChI is InChI=1S/C10H18O2/c1-3-5-6-11-10-7-9(4-2)8-12-10/h4,9-10H,2-3,5-8H2,1H3. The Morgan fingerprint density at radius 1 is 1.67 bits per heavy atom. The van der Waals surface area contributed by atoms with E-state index in [1.54, 1.807) is 0 Å². The third-order valence-electron chi connectivity index (χ3n) is 2.13. The van der Waals surface area contributed by atoms with Crippen LogP contribution in [0.15, 0.2) is 12.7 Å². The van der Waals surface area contributed by atoms with Gasteiger partial charge < -0.3 is 9.47 Å². The maximum atomic E-state index is 5.51. The van der Waals surface area contributed by atoms with Gasteiger partial charge in [-0.1, -0.05) is 19.4 Å². The molecular formula is C10H18O2. The Morgan fingerprint density at radius 3 is 3.08 bits per heavy atom. The van der Waals surface area contributed by atoms with Crippen LogP contribution in [0.1, 0.15) is 26.2 Å². The molecule has 1 fully saturated rings. The van der Waals surface area contributed by atoms with Crippen LogP contribution in [0.25, 0.3) is 0 Å². The van der Waals surface area contributed by atoms with E-state index >= 15 is 0 Å². The van der Waals surface area contributed by atoms with Crippen LogP contribution in [0.5, 0.6) is 0 Å². The molecule has 1 aliphatic rings. The largest absolute Gasteiger partial charge is 0.353 e. The quantitative estimate of drug-likeness (QED) is 0.466. The Morgan fingerprint density at radius 2 is 2.50 bits per heavy atom. The lowest BCUT2D eigenvalue weighted by Crippen LogP contribution is -2.11. The molecule has 1 rings (SSSR count). The highest BCUT2D eigenvalue weighted by Crippen LogP contribution is 2.20. The average Bonchev–Trinajstić information content (AvgIpc) is 2.53. The third kappa shape index (κ3) is 2.95. The maximum absolute atomic E-state index is 5.51. The predicted molar refractivity (Wildman–Crippen MR) is 48.9 cm³/mol. The summed E-state index contributed by atoms with van der Waals surface area (Å²) in [6, 6.07) is 0. The van der Waals surface area contributed by atoms with E-state index in [0.717, 1.165) is 26.1 Å². The van der Waals surface area contributed by atoms with Crippen LogP contribution in [0, 0.1) is 5.92 Å². The molecular weight excluding hydrogens is 152 g/mol. The van der Waals surface area contributed by atoms with Gasteiger partial charge in [-0.15, -0.1) is 6.58 Å². The molecule has 0 amide bonds. The Balaban J connectivity index is 2.06. The van der Waals surface area contributed by atoms with Crippen molar-refractivity contribution in [2.45, 2.75) is 32.5 Å². The van der Waals surface area contributed by atoms with Gasteiger partial charge in [-0.2, -0.15) is 0 Å². The van der Waals surface area contributed by atoms with Gasteiger partial charge in [0.05, 0.1) is 6.61 Å². The van der Waals surface area contributed by atoms with Crippen molar-refractivity contribution in [2.24, 2.45) is 5.92 Å². The summed E-state index contributed by atoms with van der Waals surface area (Å²) in [5, 5.41) is 0. The van der Waals surface area contributed by atoms with Crippen LogP contribution in [0.2, 0.25) is 0 Å². The first-order valence-corrected chi connectivity index (χ1v) is 4.72. The zero-order valence-electron chi connectivity index (χ0n) is 7.79. The average molecular weight is 170 g/mol. The molecule has 0 aliphatic carbocycles. The van der Waals surface area contributed by atoms with Gasteiger partial charge in [-0.25, -0.2) is 0 Å². The first-order valence-electron chi connectivity index (χ1n) is 4.72. The number of hydrogen-bond acceptors (Lipinski definition) is 2. The van der Waals surface area contributed by atoms with Gasteiger partial charge in [0.1, 0.15) is 0 Å². The van der Waals surface area contributed by atoms with Gasteiger partial charge in [0.25, 0.3) is 0 Å². The Labute approximate surface area is 74.6 Å². The summed E-state index contributed by atoms with van der Waals surface area (Å²) in [5.74, 6) is 0.497. The van der Waals surface area contributed by atoms with Gasteiger partial charge in [-0.3, -0.25) is 0 Å². The Bertz CT molecular complexity index is 134. The summed E-state index contributed by atoms with van der Waals surface area (Å²) < 4.78 is 10.9. The normalized spacial score (nSPS) is 29.1. The van der Waals surface area contributed by atoms with Crippen molar-refractivity contribution in [3.8, 4) is 0 Å². The highest BCUT2D eigenvalue weighted by Gasteiger charge is 2.23. The van der Waals surface area contributed by atoms with Crippen molar-refractivity contribution in [1.82, 2.24) is 0 Å². The van der Waals surface area contributed by atoms with Crippen molar-refractivity contribution in [2.75, 3.05) is 13.2 Å². The second-order valence-corrected chi connectivity index (χ2v) is 3.22. The lowest BCUT2D eigenvalue weighted by Gasteiger charge is -2.09. The molecule has 2 atom stereocenters. The Kier molecular flexibility index (Phi) is 4.33. The lowest BCUT2D eigenvalue weighted by molar-refractivity contribution is -0.111. The second kappa shape index (κ2) is 5.33. The van der Waals surface area contributed by atoms with Crippen LogP contribution < -0.4 is 0 Å². The molecule has 0 aromatic carbocycles. The first-order chi connectivity index (χ1) is 5.86. The summed E-state index contributed by atoms with van der Waals surface area (Å²) >= 11 is 0. The van der Waals surface area contributed by atoms with Gasteiger partial charge in [-0.05, 0) is 6.42 Å². The van der Waals surface area contributed by atoms with E-state index < -0.39 is 0 Å². The minimum absolute atomic E-state index is 0.0274. The van der Waals surface area contributed by atoms with Gasteiger partial charge in [0, 0.05) is 18.9 Å². The summed E-state index contributed by atoms with van der Waals surface area (Å²) in [7, 11) is 0. The molecule has 1 heterocycles. The monoisotopic (exact) mass is 170 g/mol. The smallest absolute Gasteiger partial charge is 0.158 e. The molecule has 0 spiro atoms. The molecule has 0 radical (unpaired) electrons. The fraction of sp³-hybridized carbons (Fsp3) is 0.800. The van der Waals surface area contributed by atoms with Crippen LogP contribution in [0.3, 0.4) is 0 Å². The summed E-state index contributed by atoms with van der Waals surface area (Å²) in [4.78, 5) is 0. The van der Waals surface area contributed by atoms with E-state index in [-0.39, 0.29) is 6.29 Å². The Hall–Kier alpha value is -0.340. The van der Waals surface area contributed by atoms with E-state index in [9.17, 15) is 0 Å². The fourth-order valence-electron chi connectivity index (χ4n) is 1.25.